The van der Waals surface area contributed by atoms with Gasteiger partial charge in [0.25, 0.3) is 5.69 Å². The van der Waals surface area contributed by atoms with Crippen molar-refractivity contribution < 1.29 is 24.6 Å². The molecule has 0 amide bonds. The molecular weight excluding hydrogens is 554 g/mol. The number of nitro benzene ring substituents is 1. The molecule has 0 aromatic heterocycles. The van der Waals surface area contributed by atoms with Crippen LogP contribution in [0.15, 0.2) is 102 Å². The summed E-state index contributed by atoms with van der Waals surface area (Å²) in [5.41, 5.74) is 19.7. The number of nitro groups is 1. The summed E-state index contributed by atoms with van der Waals surface area (Å²) in [5.74, 6) is 0.530. The van der Waals surface area contributed by atoms with Crippen LogP contribution in [0.3, 0.4) is 0 Å². The van der Waals surface area contributed by atoms with Crippen LogP contribution < -0.4 is 27.3 Å². The Hall–Kier alpha value is -4.03. The maximum absolute atomic E-state index is 10.2. The average molecular weight is 582 g/mol. The predicted molar refractivity (Wildman–Crippen MR) is 157 cm³/mol. The molecule has 0 saturated carbocycles. The highest BCUT2D eigenvalue weighted by atomic mass is 79.9. The van der Waals surface area contributed by atoms with E-state index in [-0.39, 0.29) is 11.2 Å². The van der Waals surface area contributed by atoms with Gasteiger partial charge in [0, 0.05) is 39.7 Å². The molecule has 0 aliphatic rings. The standard InChI is InChI=1S/C7H9N.C6H6BNO4.C6H7BNO2.C6H6BrN/c1-6-3-2-4-7(8)5-6;9-7(10)5-2-1-3-6(4-5)8(11)12;8-5-2-1-3-6(4-5)10-7-9;7-5-2-1-3-6(8)4-5/h2-5H,8H2,1H3;1-4,9-10H;1-4,9H,8H2;1-4H,8H2. The van der Waals surface area contributed by atoms with Crippen molar-refractivity contribution in [2.24, 2.45) is 0 Å². The van der Waals surface area contributed by atoms with Gasteiger partial charge < -0.3 is 36.9 Å². The predicted octanol–water partition coefficient (Wildman–Crippen LogP) is 3.06. The summed E-state index contributed by atoms with van der Waals surface area (Å²) in [6.45, 7) is 2.02. The fraction of sp³-hybridized carbons (Fsp3) is 0.0400. The Morgan fingerprint density at radius 3 is 1.82 bits per heavy atom. The van der Waals surface area contributed by atoms with Crippen LogP contribution in [0.1, 0.15) is 5.56 Å². The van der Waals surface area contributed by atoms with Gasteiger partial charge >= 0.3 is 14.8 Å². The summed E-state index contributed by atoms with van der Waals surface area (Å²) in [6.07, 6.45) is 0. The molecule has 1 radical (unpaired) electrons. The van der Waals surface area contributed by atoms with Crippen molar-refractivity contribution in [1.29, 1.82) is 0 Å². The smallest absolute Gasteiger partial charge is 0.537 e. The number of anilines is 3. The fourth-order valence-corrected chi connectivity index (χ4v) is 3.04. The summed E-state index contributed by atoms with van der Waals surface area (Å²) in [7, 11) is -1.04. The number of rotatable bonds is 4. The molecule has 0 spiro atoms. The van der Waals surface area contributed by atoms with Crippen molar-refractivity contribution in [2.75, 3.05) is 17.2 Å². The van der Waals surface area contributed by atoms with Gasteiger partial charge in [0.1, 0.15) is 5.75 Å². The number of aryl methyl sites for hydroxylation is 1. The number of nitrogens with two attached hydrogens (primary N) is 3. The van der Waals surface area contributed by atoms with Gasteiger partial charge in [-0.25, -0.2) is 0 Å². The molecule has 0 saturated heterocycles. The van der Waals surface area contributed by atoms with Gasteiger partial charge in [-0.1, -0.05) is 52.3 Å². The molecule has 0 unspecified atom stereocenters. The third-order valence-corrected chi connectivity index (χ3v) is 4.81. The van der Waals surface area contributed by atoms with Gasteiger partial charge in [-0.05, 0) is 60.4 Å². The topological polar surface area (TPSA) is 191 Å². The van der Waals surface area contributed by atoms with Crippen LogP contribution in [-0.4, -0.2) is 34.8 Å². The van der Waals surface area contributed by atoms with Gasteiger partial charge in [-0.15, -0.1) is 0 Å². The first kappa shape index (κ1) is 32.0. The van der Waals surface area contributed by atoms with Crippen LogP contribution in [0.2, 0.25) is 0 Å². The first-order valence-corrected chi connectivity index (χ1v) is 11.7. The van der Waals surface area contributed by atoms with Gasteiger partial charge in [0.05, 0.1) is 4.92 Å². The van der Waals surface area contributed by atoms with Crippen molar-refractivity contribution in [3.8, 4) is 5.75 Å². The highest BCUT2D eigenvalue weighted by molar-refractivity contribution is 9.10. The van der Waals surface area contributed by atoms with Gasteiger partial charge in [-0.3, -0.25) is 10.1 Å². The normalized spacial score (nSPS) is 9.18. The van der Waals surface area contributed by atoms with Crippen LogP contribution in [0.25, 0.3) is 0 Å². The molecule has 0 atom stereocenters. The molecule has 10 nitrogen and oxygen atoms in total. The van der Waals surface area contributed by atoms with E-state index in [1.54, 1.807) is 24.3 Å². The van der Waals surface area contributed by atoms with Crippen molar-refractivity contribution in [3.63, 3.8) is 0 Å². The van der Waals surface area contributed by atoms with E-state index in [4.69, 9.17) is 32.3 Å². The Morgan fingerprint density at radius 1 is 0.842 bits per heavy atom. The molecule has 0 aliphatic carbocycles. The summed E-state index contributed by atoms with van der Waals surface area (Å²) in [4.78, 5) is 9.63. The fourth-order valence-electron chi connectivity index (χ4n) is 2.62. The third kappa shape index (κ3) is 13.9. The lowest BCUT2D eigenvalue weighted by Crippen LogP contribution is -2.29. The molecule has 13 heteroatoms. The van der Waals surface area contributed by atoms with Crippen LogP contribution in [0.5, 0.6) is 5.75 Å². The molecule has 0 aliphatic heterocycles. The lowest BCUT2D eigenvalue weighted by atomic mass is 9.80. The number of nitrogen functional groups attached to an aromatic ring is 3. The minimum Gasteiger partial charge on any atom is -0.537 e. The molecule has 9 N–H and O–H groups in total. The maximum Gasteiger partial charge on any atom is 0.569 e. The number of hydrogen-bond donors (Lipinski definition) is 6. The molecule has 197 valence electrons. The Morgan fingerprint density at radius 2 is 1.39 bits per heavy atom. The van der Waals surface area contributed by atoms with E-state index in [2.05, 4.69) is 20.6 Å². The van der Waals surface area contributed by atoms with Crippen LogP contribution in [0, 0.1) is 17.0 Å². The molecule has 0 heterocycles. The zero-order valence-electron chi connectivity index (χ0n) is 20.5. The Balaban J connectivity index is 0.000000257. The van der Waals surface area contributed by atoms with Crippen molar-refractivity contribution in [2.45, 2.75) is 6.92 Å². The van der Waals surface area contributed by atoms with E-state index in [0.29, 0.717) is 19.1 Å². The molecule has 4 aromatic carbocycles. The Kier molecular flexibility index (Phi) is 14.7. The molecule has 0 bridgehead atoms. The number of non-ortho nitro benzene ring substituents is 1. The minimum atomic E-state index is -1.66. The lowest BCUT2D eigenvalue weighted by Gasteiger charge is -2.00. The molecule has 38 heavy (non-hydrogen) atoms. The van der Waals surface area contributed by atoms with Crippen molar-refractivity contribution in [3.05, 3.63) is 117 Å². The van der Waals surface area contributed by atoms with Crippen LogP contribution in [0.4, 0.5) is 22.7 Å². The van der Waals surface area contributed by atoms with Gasteiger partial charge in [0.15, 0.2) is 0 Å². The van der Waals surface area contributed by atoms with Crippen molar-refractivity contribution in [1.82, 2.24) is 0 Å². The first-order chi connectivity index (χ1) is 18.0. The summed E-state index contributed by atoms with van der Waals surface area (Å²) >= 11 is 3.28. The van der Waals surface area contributed by atoms with Crippen molar-refractivity contribution >= 4 is 58.9 Å². The number of halogens is 1. The summed E-state index contributed by atoms with van der Waals surface area (Å²) in [5, 5.41) is 35.8. The van der Waals surface area contributed by atoms with E-state index in [1.807, 2.05) is 55.5 Å². The van der Waals surface area contributed by atoms with E-state index < -0.39 is 12.0 Å². The Bertz CT molecular complexity index is 1210. The van der Waals surface area contributed by atoms with Gasteiger partial charge in [0.2, 0.25) is 0 Å². The third-order valence-electron chi connectivity index (χ3n) is 4.32. The second-order valence-electron chi connectivity index (χ2n) is 7.49. The summed E-state index contributed by atoms with van der Waals surface area (Å²) in [6, 6.07) is 27.4. The van der Waals surface area contributed by atoms with Crippen LogP contribution in [-0.2, 0) is 0 Å². The SMILES string of the molecule is Cc1cccc(N)c1.Nc1cccc(Br)c1.Nc1cccc(O[B]O)c1.O=[N+]([O-])c1cccc(B(O)O)c1. The summed E-state index contributed by atoms with van der Waals surface area (Å²) < 4.78 is 5.66. The van der Waals surface area contributed by atoms with E-state index in [9.17, 15) is 10.1 Å². The second-order valence-corrected chi connectivity index (χ2v) is 8.41. The molecule has 4 aromatic rings. The maximum atomic E-state index is 10.2. The second kappa shape index (κ2) is 17.4. The Labute approximate surface area is 230 Å². The van der Waals surface area contributed by atoms with Crippen LogP contribution >= 0.6 is 15.9 Å². The highest BCUT2D eigenvalue weighted by Gasteiger charge is 2.14. The lowest BCUT2D eigenvalue weighted by molar-refractivity contribution is -0.384. The first-order valence-electron chi connectivity index (χ1n) is 10.9. The molecular formula is C25H28B2BrN4O6. The molecule has 0 fully saturated rings. The monoisotopic (exact) mass is 581 g/mol. The largest absolute Gasteiger partial charge is 0.569 e. The van der Waals surface area contributed by atoms with E-state index >= 15 is 0 Å². The number of nitrogens with zero attached hydrogens (tertiary/aromatic N) is 1. The highest BCUT2D eigenvalue weighted by Crippen LogP contribution is 2.13. The number of hydrogen-bond acceptors (Lipinski definition) is 9. The minimum absolute atomic E-state index is 0.115. The van der Waals surface area contributed by atoms with E-state index in [1.165, 1.54) is 23.8 Å². The molecule has 4 rings (SSSR count). The van der Waals surface area contributed by atoms with Gasteiger partial charge in [-0.2, -0.15) is 0 Å². The average Bonchev–Trinajstić information content (AvgIpc) is 2.85. The zero-order chi connectivity index (χ0) is 28.5. The van der Waals surface area contributed by atoms with E-state index in [0.717, 1.165) is 21.9 Å². The zero-order valence-corrected chi connectivity index (χ0v) is 22.1. The quantitative estimate of drug-likeness (QED) is 0.0909. The number of benzene rings is 4.